The first-order valence-corrected chi connectivity index (χ1v) is 6.97. The molecule has 0 aromatic carbocycles. The van der Waals surface area contributed by atoms with Crippen LogP contribution in [0.5, 0.6) is 0 Å². The van der Waals surface area contributed by atoms with E-state index in [0.717, 1.165) is 5.92 Å². The largest absolute Gasteiger partial charge is 0.370 e. The lowest BCUT2D eigenvalue weighted by Crippen LogP contribution is -2.13. The lowest BCUT2D eigenvalue weighted by molar-refractivity contribution is 0.346. The molecule has 2 aliphatic rings. The van der Waals surface area contributed by atoms with Gasteiger partial charge in [0.2, 0.25) is 0 Å². The van der Waals surface area contributed by atoms with Crippen LogP contribution in [0.3, 0.4) is 0 Å². The summed E-state index contributed by atoms with van der Waals surface area (Å²) in [5.74, 6) is 1.02. The Balaban J connectivity index is 1.61. The van der Waals surface area contributed by atoms with Gasteiger partial charge < -0.3 is 4.74 Å². The van der Waals surface area contributed by atoms with Crippen molar-refractivity contribution in [1.29, 1.82) is 0 Å². The minimum atomic E-state index is 0.694. The third-order valence-electron chi connectivity index (χ3n) is 3.33. The fourth-order valence-corrected chi connectivity index (χ4v) is 2.93. The maximum absolute atomic E-state index is 5.52. The smallest absolute Gasteiger partial charge is 0.0844 e. The number of fused-ring (bicyclic) bond motifs is 1. The number of epoxide rings is 1. The second-order valence-electron chi connectivity index (χ2n) is 4.39. The van der Waals surface area contributed by atoms with Gasteiger partial charge in [-0.1, -0.05) is 25.3 Å². The molecule has 3 unspecified atom stereocenters. The quantitative estimate of drug-likeness (QED) is 0.366. The molecule has 1 nitrogen and oxygen atoms in total. The molecule has 1 aliphatic carbocycles. The molecule has 0 spiro atoms. The molecule has 0 aromatic rings. The third-order valence-corrected chi connectivity index (χ3v) is 4.04. The molecule has 2 rings (SSSR count). The summed E-state index contributed by atoms with van der Waals surface area (Å²) in [6.45, 7) is 0. The van der Waals surface area contributed by atoms with Gasteiger partial charge in [0.15, 0.2) is 0 Å². The molecule has 70 valence electrons. The van der Waals surface area contributed by atoms with Gasteiger partial charge in [0.25, 0.3) is 0 Å². The van der Waals surface area contributed by atoms with E-state index in [4.69, 9.17) is 4.74 Å². The van der Waals surface area contributed by atoms with Crippen LogP contribution < -0.4 is 0 Å². The summed E-state index contributed by atoms with van der Waals surface area (Å²) in [6, 6.07) is 1.50. The van der Waals surface area contributed by atoms with Crippen LogP contribution in [-0.2, 0) is 4.74 Å². The van der Waals surface area contributed by atoms with Crippen molar-refractivity contribution in [1.82, 2.24) is 0 Å². The molecule has 1 aliphatic heterocycles. The molecule has 3 atom stereocenters. The van der Waals surface area contributed by atoms with E-state index in [0.29, 0.717) is 12.2 Å². The fraction of sp³-hybridized carbons (Fsp3) is 1.00. The molecule has 0 radical (unpaired) electrons. The summed E-state index contributed by atoms with van der Waals surface area (Å²) >= 11 is 0. The summed E-state index contributed by atoms with van der Waals surface area (Å²) in [4.78, 5) is 0. The summed E-state index contributed by atoms with van der Waals surface area (Å²) in [7, 11) is 1.40. The predicted molar refractivity (Wildman–Crippen MR) is 54.6 cm³/mol. The molecule has 12 heavy (non-hydrogen) atoms. The zero-order valence-corrected chi connectivity index (χ0v) is 10.1. The van der Waals surface area contributed by atoms with Gasteiger partial charge in [-0.2, -0.15) is 0 Å². The number of hydrogen-bond acceptors (Lipinski definition) is 1. The number of hydrogen-bond donors (Lipinski definition) is 0. The highest BCUT2D eigenvalue weighted by Gasteiger charge is 2.43. The maximum Gasteiger partial charge on any atom is 0.0844 e. The molecule has 1 saturated heterocycles. The lowest BCUT2D eigenvalue weighted by atomic mass is 9.86. The molecule has 0 N–H and O–H groups in total. The molecule has 2 fully saturated rings. The van der Waals surface area contributed by atoms with Crippen molar-refractivity contribution in [3.05, 3.63) is 0 Å². The maximum atomic E-state index is 5.52. The average molecular weight is 184 g/mol. The molecule has 1 saturated carbocycles. The standard InChI is InChI=1S/C10H20OSi/c12-6-2-1-3-8-4-5-9-10(7-8)11-9/h8-10H,1-7H2,12H3. The minimum Gasteiger partial charge on any atom is -0.370 e. The molecule has 2 heteroatoms. The minimum absolute atomic E-state index is 0.694. The van der Waals surface area contributed by atoms with Gasteiger partial charge in [-0.05, 0) is 25.2 Å². The Labute approximate surface area is 78.3 Å². The Morgan fingerprint density at radius 2 is 2.08 bits per heavy atom. The third kappa shape index (κ3) is 2.11. The van der Waals surface area contributed by atoms with Crippen LogP contribution in [0.15, 0.2) is 0 Å². The van der Waals surface area contributed by atoms with Crippen LogP contribution in [0.1, 0.15) is 38.5 Å². The Hall–Kier alpha value is 0.177. The number of rotatable bonds is 4. The van der Waals surface area contributed by atoms with Crippen molar-refractivity contribution in [2.45, 2.75) is 56.8 Å². The van der Waals surface area contributed by atoms with Gasteiger partial charge in [0, 0.05) is 10.2 Å². The Morgan fingerprint density at radius 3 is 2.83 bits per heavy atom. The summed E-state index contributed by atoms with van der Waals surface area (Å²) in [5, 5.41) is 0. The first-order valence-electron chi connectivity index (χ1n) is 5.55. The highest BCUT2D eigenvalue weighted by molar-refractivity contribution is 6.08. The highest BCUT2D eigenvalue weighted by atomic mass is 28.1. The second-order valence-corrected chi connectivity index (χ2v) is 5.39. The van der Waals surface area contributed by atoms with Crippen molar-refractivity contribution in [2.24, 2.45) is 5.92 Å². The van der Waals surface area contributed by atoms with Crippen LogP contribution in [0.25, 0.3) is 0 Å². The Kier molecular flexibility index (Phi) is 2.86. The van der Waals surface area contributed by atoms with Crippen molar-refractivity contribution >= 4 is 10.2 Å². The Morgan fingerprint density at radius 1 is 1.17 bits per heavy atom. The monoisotopic (exact) mass is 184 g/mol. The normalized spacial score (nSPS) is 39.5. The van der Waals surface area contributed by atoms with Crippen molar-refractivity contribution in [2.75, 3.05) is 0 Å². The van der Waals surface area contributed by atoms with E-state index in [-0.39, 0.29) is 0 Å². The molecule has 1 heterocycles. The van der Waals surface area contributed by atoms with E-state index >= 15 is 0 Å². The molecular weight excluding hydrogens is 164 g/mol. The summed E-state index contributed by atoms with van der Waals surface area (Å²) in [5.41, 5.74) is 0. The van der Waals surface area contributed by atoms with Crippen LogP contribution in [0.2, 0.25) is 6.04 Å². The first kappa shape index (κ1) is 8.76. The summed E-state index contributed by atoms with van der Waals surface area (Å²) in [6.07, 6.45) is 10.0. The lowest BCUT2D eigenvalue weighted by Gasteiger charge is -2.18. The van der Waals surface area contributed by atoms with Crippen LogP contribution >= 0.6 is 0 Å². The van der Waals surface area contributed by atoms with Crippen molar-refractivity contribution < 1.29 is 4.74 Å². The van der Waals surface area contributed by atoms with Crippen LogP contribution in [-0.4, -0.2) is 22.5 Å². The van der Waals surface area contributed by atoms with Gasteiger partial charge in [0.1, 0.15) is 0 Å². The Bertz CT molecular complexity index is 149. The zero-order chi connectivity index (χ0) is 8.39. The van der Waals surface area contributed by atoms with Gasteiger partial charge in [0.05, 0.1) is 12.2 Å². The SMILES string of the molecule is [SiH3]CCCCC1CCC2OC2C1. The fourth-order valence-electron chi connectivity index (χ4n) is 2.43. The van der Waals surface area contributed by atoms with Gasteiger partial charge in [-0.3, -0.25) is 0 Å². The average Bonchev–Trinajstić information content (AvgIpc) is 2.83. The van der Waals surface area contributed by atoms with Crippen LogP contribution in [0.4, 0.5) is 0 Å². The molecule has 0 amide bonds. The molecule has 0 bridgehead atoms. The highest BCUT2D eigenvalue weighted by Crippen LogP contribution is 2.41. The van der Waals surface area contributed by atoms with Crippen LogP contribution in [0, 0.1) is 5.92 Å². The first-order chi connectivity index (χ1) is 5.90. The van der Waals surface area contributed by atoms with Gasteiger partial charge in [-0.15, -0.1) is 0 Å². The van der Waals surface area contributed by atoms with Crippen molar-refractivity contribution in [3.8, 4) is 0 Å². The van der Waals surface area contributed by atoms with E-state index in [1.807, 2.05) is 0 Å². The number of unbranched alkanes of at least 4 members (excludes halogenated alkanes) is 1. The summed E-state index contributed by atoms with van der Waals surface area (Å²) < 4.78 is 5.52. The second kappa shape index (κ2) is 3.92. The number of ether oxygens (including phenoxy) is 1. The van der Waals surface area contributed by atoms with Gasteiger partial charge >= 0.3 is 0 Å². The van der Waals surface area contributed by atoms with E-state index in [1.165, 1.54) is 54.8 Å². The van der Waals surface area contributed by atoms with E-state index in [2.05, 4.69) is 0 Å². The van der Waals surface area contributed by atoms with E-state index in [1.54, 1.807) is 0 Å². The van der Waals surface area contributed by atoms with Crippen molar-refractivity contribution in [3.63, 3.8) is 0 Å². The van der Waals surface area contributed by atoms with E-state index in [9.17, 15) is 0 Å². The van der Waals surface area contributed by atoms with Gasteiger partial charge in [-0.25, -0.2) is 0 Å². The molecular formula is C10H20OSi. The topological polar surface area (TPSA) is 12.5 Å². The molecule has 0 aromatic heterocycles. The predicted octanol–water partition coefficient (Wildman–Crippen LogP) is 1.51. The zero-order valence-electron chi connectivity index (χ0n) is 8.09. The van der Waals surface area contributed by atoms with E-state index < -0.39 is 0 Å².